The average molecular weight is 150 g/mol. The van der Waals surface area contributed by atoms with Crippen LogP contribution in [0.1, 0.15) is 27.7 Å². The summed E-state index contributed by atoms with van der Waals surface area (Å²) in [7, 11) is 0. The Morgan fingerprint density at radius 3 is 2.00 bits per heavy atom. The van der Waals surface area contributed by atoms with Gasteiger partial charge < -0.3 is 0 Å². The molecular weight excluding hydrogens is 135 g/mol. The molecule has 0 saturated heterocycles. The van der Waals surface area contributed by atoms with Crippen LogP contribution < -0.4 is 0 Å². The molecule has 9 heavy (non-hydrogen) atoms. The number of halogens is 1. The lowest BCUT2D eigenvalue weighted by Gasteiger charge is -2.25. The van der Waals surface area contributed by atoms with Crippen molar-refractivity contribution in [3.05, 3.63) is 0 Å². The molecule has 0 nitrogen and oxygen atoms in total. The molecule has 0 heterocycles. The summed E-state index contributed by atoms with van der Waals surface area (Å²) >= 11 is 1.37. The van der Waals surface area contributed by atoms with Crippen molar-refractivity contribution in [2.45, 2.75) is 32.9 Å². The fraction of sp³-hybridized carbons (Fsp3) is 1.00. The maximum atomic E-state index is 11.7. The third kappa shape index (κ3) is 3.79. The summed E-state index contributed by atoms with van der Waals surface area (Å²) < 4.78 is 11.7. The van der Waals surface area contributed by atoms with E-state index in [0.29, 0.717) is 5.25 Å². The van der Waals surface area contributed by atoms with E-state index < -0.39 is 0 Å². The van der Waals surface area contributed by atoms with E-state index in [1.54, 1.807) is 0 Å². The van der Waals surface area contributed by atoms with E-state index >= 15 is 0 Å². The smallest absolute Gasteiger partial charge is 0.135 e. The van der Waals surface area contributed by atoms with Crippen LogP contribution in [-0.2, 0) is 0 Å². The van der Waals surface area contributed by atoms with Gasteiger partial charge in [0.05, 0.1) is 0 Å². The van der Waals surface area contributed by atoms with E-state index in [-0.39, 0.29) is 11.4 Å². The molecule has 0 bridgehead atoms. The van der Waals surface area contributed by atoms with Crippen molar-refractivity contribution in [3.63, 3.8) is 0 Å². The van der Waals surface area contributed by atoms with Gasteiger partial charge in [0, 0.05) is 5.25 Å². The van der Waals surface area contributed by atoms with Crippen LogP contribution in [0.15, 0.2) is 0 Å². The lowest BCUT2D eigenvalue weighted by molar-refractivity contribution is 0.408. The molecule has 0 aromatic heterocycles. The first-order valence-corrected chi connectivity index (χ1v) is 4.21. The minimum atomic E-state index is -0.265. The highest BCUT2D eigenvalue weighted by molar-refractivity contribution is 7.99. The molecule has 0 rings (SSSR count). The van der Waals surface area contributed by atoms with E-state index in [1.807, 2.05) is 0 Å². The molecule has 0 saturated carbocycles. The highest BCUT2D eigenvalue weighted by Gasteiger charge is 2.19. The number of rotatable bonds is 2. The summed E-state index contributed by atoms with van der Waals surface area (Å²) in [6, 6.07) is -0.265. The molecule has 0 spiro atoms. The van der Waals surface area contributed by atoms with Gasteiger partial charge in [-0.2, -0.15) is 0 Å². The molecule has 2 heteroatoms. The summed E-state index contributed by atoms with van der Waals surface area (Å²) in [5.41, 5.74) is 0.233. The van der Waals surface area contributed by atoms with Gasteiger partial charge in [0.1, 0.15) is 6.01 Å². The molecule has 0 N–H and O–H groups in total. The Morgan fingerprint density at radius 1 is 1.44 bits per heavy atom. The lowest BCUT2D eigenvalue weighted by Crippen LogP contribution is -2.19. The Kier molecular flexibility index (Phi) is 3.56. The molecule has 0 fully saturated rings. The second-order valence-electron chi connectivity index (χ2n) is 3.28. The predicted molar refractivity (Wildman–Crippen MR) is 42.5 cm³/mol. The van der Waals surface area contributed by atoms with Crippen LogP contribution in [0.3, 0.4) is 0 Å². The van der Waals surface area contributed by atoms with Gasteiger partial charge >= 0.3 is 0 Å². The van der Waals surface area contributed by atoms with Crippen LogP contribution in [0.2, 0.25) is 0 Å². The van der Waals surface area contributed by atoms with Crippen molar-refractivity contribution >= 4 is 11.8 Å². The van der Waals surface area contributed by atoms with Crippen LogP contribution >= 0.6 is 11.8 Å². The molecule has 0 aromatic rings. The number of thioether (sulfide) groups is 1. The van der Waals surface area contributed by atoms with Crippen LogP contribution in [0.5, 0.6) is 0 Å². The van der Waals surface area contributed by atoms with Gasteiger partial charge in [-0.05, 0) is 5.41 Å². The van der Waals surface area contributed by atoms with Crippen LogP contribution in [0.4, 0.5) is 4.39 Å². The third-order valence-electron chi connectivity index (χ3n) is 1.53. The summed E-state index contributed by atoms with van der Waals surface area (Å²) in [4.78, 5) is 0. The highest BCUT2D eigenvalue weighted by Crippen LogP contribution is 2.29. The summed E-state index contributed by atoms with van der Waals surface area (Å²) in [6.07, 6.45) is 0. The first kappa shape index (κ1) is 9.28. The minimum absolute atomic E-state index is 0.233. The first-order chi connectivity index (χ1) is 3.98. The topological polar surface area (TPSA) is 0 Å². The van der Waals surface area contributed by atoms with Gasteiger partial charge in [0.15, 0.2) is 0 Å². The molecule has 0 aliphatic heterocycles. The van der Waals surface area contributed by atoms with Gasteiger partial charge in [-0.15, -0.1) is 11.8 Å². The van der Waals surface area contributed by atoms with Crippen LogP contribution in [0, 0.1) is 5.41 Å². The highest BCUT2D eigenvalue weighted by atomic mass is 32.2. The number of alkyl halides is 1. The molecule has 56 valence electrons. The quantitative estimate of drug-likeness (QED) is 0.583. The van der Waals surface area contributed by atoms with Gasteiger partial charge in [-0.1, -0.05) is 27.7 Å². The monoisotopic (exact) mass is 150 g/mol. The van der Waals surface area contributed by atoms with Gasteiger partial charge in [0.25, 0.3) is 0 Å². The van der Waals surface area contributed by atoms with E-state index in [9.17, 15) is 4.39 Å². The maximum absolute atomic E-state index is 11.7. The van der Waals surface area contributed by atoms with Crippen LogP contribution in [0.25, 0.3) is 0 Å². The van der Waals surface area contributed by atoms with Crippen molar-refractivity contribution in [2.75, 3.05) is 6.01 Å². The Balaban J connectivity index is 3.59. The van der Waals surface area contributed by atoms with Gasteiger partial charge in [-0.25, -0.2) is 4.39 Å². The zero-order valence-corrected chi connectivity index (χ0v) is 7.39. The Labute approximate surface area is 61.2 Å². The maximum Gasteiger partial charge on any atom is 0.135 e. The molecule has 0 aliphatic rings. The van der Waals surface area contributed by atoms with Crippen LogP contribution in [-0.4, -0.2) is 11.3 Å². The fourth-order valence-corrected chi connectivity index (χ4v) is 1.03. The van der Waals surface area contributed by atoms with Crippen molar-refractivity contribution < 1.29 is 4.39 Å². The predicted octanol–water partition coefficient (Wildman–Crippen LogP) is 3.08. The van der Waals surface area contributed by atoms with Gasteiger partial charge in [0.2, 0.25) is 0 Å². The lowest BCUT2D eigenvalue weighted by atomic mass is 9.93. The van der Waals surface area contributed by atoms with Crippen molar-refractivity contribution in [1.82, 2.24) is 0 Å². The zero-order chi connectivity index (χ0) is 7.49. The van der Waals surface area contributed by atoms with Crippen molar-refractivity contribution in [2.24, 2.45) is 5.41 Å². The van der Waals surface area contributed by atoms with Crippen molar-refractivity contribution in [1.29, 1.82) is 0 Å². The molecular formula is C7H15FS. The largest absolute Gasteiger partial charge is 0.239 e. The van der Waals surface area contributed by atoms with E-state index in [2.05, 4.69) is 27.7 Å². The van der Waals surface area contributed by atoms with E-state index in [4.69, 9.17) is 0 Å². The molecule has 0 radical (unpaired) electrons. The minimum Gasteiger partial charge on any atom is -0.239 e. The molecule has 1 unspecified atom stereocenters. The average Bonchev–Trinajstić information content (AvgIpc) is 1.64. The van der Waals surface area contributed by atoms with E-state index in [1.165, 1.54) is 11.8 Å². The SMILES string of the molecule is CC(SCF)C(C)(C)C. The summed E-state index contributed by atoms with van der Waals surface area (Å²) in [6.45, 7) is 8.44. The first-order valence-electron chi connectivity index (χ1n) is 3.16. The standard InChI is InChI=1S/C7H15FS/c1-6(9-5-8)7(2,3)4/h6H,5H2,1-4H3. The number of hydrogen-bond acceptors (Lipinski definition) is 1. The second-order valence-corrected chi connectivity index (χ2v) is 4.54. The van der Waals surface area contributed by atoms with Gasteiger partial charge in [-0.3, -0.25) is 0 Å². The molecule has 0 amide bonds. The van der Waals surface area contributed by atoms with E-state index in [0.717, 1.165) is 0 Å². The Bertz CT molecular complexity index is 75.5. The number of hydrogen-bond donors (Lipinski definition) is 0. The Morgan fingerprint density at radius 2 is 1.89 bits per heavy atom. The zero-order valence-electron chi connectivity index (χ0n) is 6.57. The molecule has 1 atom stereocenters. The molecule has 0 aliphatic carbocycles. The van der Waals surface area contributed by atoms with Crippen molar-refractivity contribution in [3.8, 4) is 0 Å². The normalized spacial score (nSPS) is 15.7. The Hall–Kier alpha value is 0.280. The second kappa shape index (κ2) is 3.45. The third-order valence-corrected chi connectivity index (χ3v) is 2.87. The molecule has 0 aromatic carbocycles. The summed E-state index contributed by atoms with van der Waals surface area (Å²) in [5, 5.41) is 0.405. The fourth-order valence-electron chi connectivity index (χ4n) is 0.344. The summed E-state index contributed by atoms with van der Waals surface area (Å²) in [5.74, 6) is 0.